The van der Waals surface area contributed by atoms with Crippen molar-refractivity contribution in [3.63, 3.8) is 0 Å². The first-order valence-electron chi connectivity index (χ1n) is 5.95. The number of carbonyl (C=O) groups excluding carboxylic acids is 1. The summed E-state index contributed by atoms with van der Waals surface area (Å²) in [4.78, 5) is 17.4. The molecule has 3 rings (SSSR count). The van der Waals surface area contributed by atoms with Crippen molar-refractivity contribution in [2.75, 3.05) is 0 Å². The molecule has 7 heteroatoms. The van der Waals surface area contributed by atoms with Gasteiger partial charge >= 0.3 is 0 Å². The Morgan fingerprint density at radius 1 is 1.40 bits per heavy atom. The van der Waals surface area contributed by atoms with Crippen LogP contribution in [0.25, 0.3) is 10.2 Å². The van der Waals surface area contributed by atoms with Crippen LogP contribution in [0.1, 0.15) is 15.4 Å². The number of nitrogens with zero attached hydrogens (tertiary/aromatic N) is 3. The number of benzene rings is 1. The number of fused-ring (bicyclic) bond motifs is 1. The summed E-state index contributed by atoms with van der Waals surface area (Å²) < 4.78 is 3.09. The van der Waals surface area contributed by atoms with Gasteiger partial charge in [0.25, 0.3) is 5.91 Å². The molecule has 1 aromatic carbocycles. The molecule has 0 saturated carbocycles. The van der Waals surface area contributed by atoms with Gasteiger partial charge in [-0.15, -0.1) is 16.4 Å². The Bertz CT molecular complexity index is 843. The minimum atomic E-state index is -0.220. The highest BCUT2D eigenvalue weighted by Gasteiger charge is 2.10. The summed E-state index contributed by atoms with van der Waals surface area (Å²) in [5.41, 5.74) is 6.07. The fourth-order valence-corrected chi connectivity index (χ4v) is 3.53. The van der Waals surface area contributed by atoms with Crippen LogP contribution in [-0.2, 0) is 7.05 Å². The zero-order chi connectivity index (χ0) is 14.1. The van der Waals surface area contributed by atoms with E-state index in [0.29, 0.717) is 4.88 Å². The van der Waals surface area contributed by atoms with Gasteiger partial charge in [-0.1, -0.05) is 23.5 Å². The third-order valence-electron chi connectivity index (χ3n) is 2.92. The van der Waals surface area contributed by atoms with Gasteiger partial charge in [-0.25, -0.2) is 10.4 Å². The average Bonchev–Trinajstić information content (AvgIpc) is 3.01. The van der Waals surface area contributed by atoms with Gasteiger partial charge in [0.2, 0.25) is 4.80 Å². The molecule has 20 heavy (non-hydrogen) atoms. The van der Waals surface area contributed by atoms with Crippen LogP contribution in [0.3, 0.4) is 0 Å². The summed E-state index contributed by atoms with van der Waals surface area (Å²) in [6.07, 6.45) is 0. The molecule has 1 amide bonds. The molecule has 2 aromatic heterocycles. The Hall–Kier alpha value is -1.99. The quantitative estimate of drug-likeness (QED) is 0.738. The van der Waals surface area contributed by atoms with Crippen LogP contribution in [-0.4, -0.2) is 15.5 Å². The molecular formula is C13H12N4OS2. The lowest BCUT2D eigenvalue weighted by Gasteiger charge is -1.97. The van der Waals surface area contributed by atoms with E-state index >= 15 is 0 Å². The minimum Gasteiger partial charge on any atom is -0.318 e. The van der Waals surface area contributed by atoms with Crippen molar-refractivity contribution in [3.05, 3.63) is 45.1 Å². The SMILES string of the molecule is Cc1ncsc1C(=O)N/N=c1\sc2ccccc2n1C. The summed E-state index contributed by atoms with van der Waals surface area (Å²) >= 11 is 2.85. The lowest BCUT2D eigenvalue weighted by atomic mass is 10.3. The van der Waals surface area contributed by atoms with E-state index in [9.17, 15) is 4.79 Å². The monoisotopic (exact) mass is 304 g/mol. The summed E-state index contributed by atoms with van der Waals surface area (Å²) in [6, 6.07) is 8.04. The van der Waals surface area contributed by atoms with Crippen LogP contribution in [0.4, 0.5) is 0 Å². The van der Waals surface area contributed by atoms with E-state index in [2.05, 4.69) is 15.5 Å². The predicted molar refractivity (Wildman–Crippen MR) is 80.7 cm³/mol. The van der Waals surface area contributed by atoms with Gasteiger partial charge in [-0.05, 0) is 19.1 Å². The molecule has 0 aliphatic carbocycles. The number of thiazole rings is 2. The number of para-hydroxylation sites is 1. The van der Waals surface area contributed by atoms with Crippen LogP contribution < -0.4 is 10.2 Å². The number of hydrogen-bond acceptors (Lipinski definition) is 5. The molecule has 0 radical (unpaired) electrons. The third kappa shape index (κ3) is 2.25. The Morgan fingerprint density at radius 3 is 2.90 bits per heavy atom. The average molecular weight is 304 g/mol. The standard InChI is InChI=1S/C13H12N4OS2/c1-8-11(19-7-14-8)12(18)15-16-13-17(2)9-5-3-4-6-10(9)20-13/h3-7H,1-2H3,(H,15,18)/b16-13-. The zero-order valence-corrected chi connectivity index (χ0v) is 12.6. The highest BCUT2D eigenvalue weighted by Crippen LogP contribution is 2.15. The third-order valence-corrected chi connectivity index (χ3v) is 4.96. The van der Waals surface area contributed by atoms with Gasteiger partial charge in [0.05, 0.1) is 21.4 Å². The van der Waals surface area contributed by atoms with E-state index in [0.717, 1.165) is 20.7 Å². The van der Waals surface area contributed by atoms with Crippen molar-refractivity contribution in [1.29, 1.82) is 0 Å². The van der Waals surface area contributed by atoms with E-state index in [1.165, 1.54) is 22.7 Å². The minimum absolute atomic E-state index is 0.220. The molecule has 2 heterocycles. The van der Waals surface area contributed by atoms with Gasteiger partial charge in [0.1, 0.15) is 4.88 Å². The first-order chi connectivity index (χ1) is 9.66. The fraction of sp³-hybridized carbons (Fsp3) is 0.154. The number of carbonyl (C=O) groups is 1. The van der Waals surface area contributed by atoms with E-state index in [1.807, 2.05) is 42.8 Å². The molecule has 0 bridgehead atoms. The summed E-state index contributed by atoms with van der Waals surface area (Å²) in [5.74, 6) is -0.220. The van der Waals surface area contributed by atoms with Gasteiger partial charge < -0.3 is 4.57 Å². The fourth-order valence-electron chi connectivity index (χ4n) is 1.86. The Kier molecular flexibility index (Phi) is 3.37. The summed E-state index contributed by atoms with van der Waals surface area (Å²) in [5, 5.41) is 4.20. The van der Waals surface area contributed by atoms with Gasteiger partial charge in [0.15, 0.2) is 0 Å². The summed E-state index contributed by atoms with van der Waals surface area (Å²) in [6.45, 7) is 1.81. The first kappa shape index (κ1) is 13.0. The number of amides is 1. The van der Waals surface area contributed by atoms with Gasteiger partial charge in [-0.3, -0.25) is 4.79 Å². The topological polar surface area (TPSA) is 59.3 Å². The van der Waals surface area contributed by atoms with Crippen LogP contribution >= 0.6 is 22.7 Å². The molecular weight excluding hydrogens is 292 g/mol. The number of nitrogens with one attached hydrogen (secondary N) is 1. The largest absolute Gasteiger partial charge is 0.318 e. The van der Waals surface area contributed by atoms with Crippen molar-refractivity contribution < 1.29 is 4.79 Å². The highest BCUT2D eigenvalue weighted by molar-refractivity contribution is 7.16. The van der Waals surface area contributed by atoms with Gasteiger partial charge in [-0.2, -0.15) is 0 Å². The molecule has 102 valence electrons. The number of aryl methyl sites for hydroxylation is 2. The zero-order valence-electron chi connectivity index (χ0n) is 11.0. The number of aromatic nitrogens is 2. The first-order valence-corrected chi connectivity index (χ1v) is 7.65. The van der Waals surface area contributed by atoms with Crippen molar-refractivity contribution in [2.24, 2.45) is 12.1 Å². The van der Waals surface area contributed by atoms with Crippen LogP contribution in [0.15, 0.2) is 34.9 Å². The second kappa shape index (κ2) is 5.18. The predicted octanol–water partition coefficient (Wildman–Crippen LogP) is 2.25. The number of hydrogen-bond donors (Lipinski definition) is 1. The molecule has 1 N–H and O–H groups in total. The maximum absolute atomic E-state index is 12.0. The normalized spacial score (nSPS) is 12.0. The Balaban J connectivity index is 1.94. The molecule has 0 unspecified atom stereocenters. The molecule has 3 aromatic rings. The molecule has 0 aliphatic heterocycles. The van der Waals surface area contributed by atoms with Crippen molar-refractivity contribution in [1.82, 2.24) is 15.0 Å². The molecule has 0 saturated heterocycles. The summed E-state index contributed by atoms with van der Waals surface area (Å²) in [7, 11) is 1.93. The van der Waals surface area contributed by atoms with Crippen molar-refractivity contribution in [2.45, 2.75) is 6.92 Å². The molecule has 0 atom stereocenters. The molecule has 0 fully saturated rings. The maximum atomic E-state index is 12.0. The Labute approximate surface area is 123 Å². The van der Waals surface area contributed by atoms with Gasteiger partial charge in [0, 0.05) is 7.05 Å². The molecule has 0 aliphatic rings. The van der Waals surface area contributed by atoms with Crippen LogP contribution in [0.5, 0.6) is 0 Å². The van der Waals surface area contributed by atoms with Crippen molar-refractivity contribution >= 4 is 38.8 Å². The molecule has 0 spiro atoms. The second-order valence-electron chi connectivity index (χ2n) is 4.23. The Morgan fingerprint density at radius 2 is 2.20 bits per heavy atom. The van der Waals surface area contributed by atoms with Crippen molar-refractivity contribution in [3.8, 4) is 0 Å². The highest BCUT2D eigenvalue weighted by atomic mass is 32.1. The van der Waals surface area contributed by atoms with Crippen LogP contribution in [0.2, 0.25) is 0 Å². The lowest BCUT2D eigenvalue weighted by Crippen LogP contribution is -2.23. The lowest BCUT2D eigenvalue weighted by molar-refractivity contribution is 0.0956. The van der Waals surface area contributed by atoms with E-state index in [4.69, 9.17) is 0 Å². The second-order valence-corrected chi connectivity index (χ2v) is 6.09. The molecule has 5 nitrogen and oxygen atoms in total. The smallest absolute Gasteiger partial charge is 0.283 e. The number of rotatable bonds is 2. The van der Waals surface area contributed by atoms with E-state index in [-0.39, 0.29) is 5.91 Å². The van der Waals surface area contributed by atoms with Crippen LogP contribution in [0, 0.1) is 6.92 Å². The van der Waals surface area contributed by atoms with E-state index in [1.54, 1.807) is 5.51 Å². The van der Waals surface area contributed by atoms with E-state index < -0.39 is 0 Å². The maximum Gasteiger partial charge on any atom is 0.283 e.